The SMILES string of the molecule is CS(=O)(=O)C1(c2noc(-c3coc(Br)c3)n2)CCC1. The second-order valence-electron chi connectivity index (χ2n) is 4.68. The van der Waals surface area contributed by atoms with Crippen molar-refractivity contribution in [3.63, 3.8) is 0 Å². The van der Waals surface area contributed by atoms with E-state index < -0.39 is 14.6 Å². The first kappa shape index (κ1) is 12.9. The van der Waals surface area contributed by atoms with Crippen LogP contribution < -0.4 is 0 Å². The highest BCUT2D eigenvalue weighted by molar-refractivity contribution is 9.10. The Bertz CT molecular complexity index is 715. The lowest BCUT2D eigenvalue weighted by atomic mass is 9.83. The minimum atomic E-state index is -3.26. The number of sulfone groups is 1. The summed E-state index contributed by atoms with van der Waals surface area (Å²) in [4.78, 5) is 4.22. The Morgan fingerprint density at radius 1 is 1.42 bits per heavy atom. The Morgan fingerprint density at radius 3 is 2.63 bits per heavy atom. The summed E-state index contributed by atoms with van der Waals surface area (Å²) in [5, 5.41) is 3.84. The van der Waals surface area contributed by atoms with E-state index in [2.05, 4.69) is 26.1 Å². The first-order valence-corrected chi connectivity index (χ1v) is 8.39. The molecule has 102 valence electrons. The Morgan fingerprint density at radius 2 is 2.16 bits per heavy atom. The molecule has 0 saturated heterocycles. The third-order valence-electron chi connectivity index (χ3n) is 3.52. The molecular formula is C11H11BrN2O4S. The van der Waals surface area contributed by atoms with E-state index in [1.807, 2.05) is 0 Å². The van der Waals surface area contributed by atoms with E-state index in [1.165, 1.54) is 12.5 Å². The zero-order valence-corrected chi connectivity index (χ0v) is 12.5. The number of hydrogen-bond acceptors (Lipinski definition) is 6. The summed E-state index contributed by atoms with van der Waals surface area (Å²) in [6.07, 6.45) is 4.62. The van der Waals surface area contributed by atoms with Gasteiger partial charge in [0, 0.05) is 12.3 Å². The molecule has 3 rings (SSSR count). The maximum absolute atomic E-state index is 11.9. The fraction of sp³-hybridized carbons (Fsp3) is 0.455. The van der Waals surface area contributed by atoms with Crippen LogP contribution in [0.15, 0.2) is 25.9 Å². The van der Waals surface area contributed by atoms with Crippen LogP contribution in [-0.2, 0) is 14.6 Å². The van der Waals surface area contributed by atoms with Crippen molar-refractivity contribution in [3.05, 3.63) is 22.8 Å². The van der Waals surface area contributed by atoms with Gasteiger partial charge in [-0.25, -0.2) is 8.42 Å². The maximum atomic E-state index is 11.9. The largest absolute Gasteiger partial charge is 0.457 e. The zero-order valence-electron chi connectivity index (χ0n) is 10.1. The van der Waals surface area contributed by atoms with E-state index in [-0.39, 0.29) is 11.7 Å². The second kappa shape index (κ2) is 4.17. The van der Waals surface area contributed by atoms with Crippen molar-refractivity contribution >= 4 is 25.8 Å². The predicted molar refractivity (Wildman–Crippen MR) is 70.1 cm³/mol. The predicted octanol–water partition coefficient (Wildman–Crippen LogP) is 2.52. The minimum absolute atomic E-state index is 0.244. The van der Waals surface area contributed by atoms with Gasteiger partial charge in [-0.2, -0.15) is 4.98 Å². The van der Waals surface area contributed by atoms with E-state index in [0.29, 0.717) is 23.1 Å². The molecule has 1 saturated carbocycles. The van der Waals surface area contributed by atoms with Crippen molar-refractivity contribution < 1.29 is 17.4 Å². The van der Waals surface area contributed by atoms with E-state index in [9.17, 15) is 8.42 Å². The number of furan rings is 1. The van der Waals surface area contributed by atoms with Gasteiger partial charge in [-0.3, -0.25) is 0 Å². The van der Waals surface area contributed by atoms with Crippen LogP contribution in [0.4, 0.5) is 0 Å². The average molecular weight is 347 g/mol. The lowest BCUT2D eigenvalue weighted by molar-refractivity contribution is 0.313. The third kappa shape index (κ3) is 1.93. The van der Waals surface area contributed by atoms with Gasteiger partial charge >= 0.3 is 0 Å². The van der Waals surface area contributed by atoms with Crippen molar-refractivity contribution in [2.24, 2.45) is 0 Å². The first-order valence-electron chi connectivity index (χ1n) is 5.71. The molecular weight excluding hydrogens is 336 g/mol. The lowest BCUT2D eigenvalue weighted by Crippen LogP contribution is -2.42. The molecule has 0 amide bonds. The molecule has 1 aliphatic rings. The topological polar surface area (TPSA) is 86.2 Å². The molecule has 1 aliphatic carbocycles. The number of nitrogens with zero attached hydrogens (tertiary/aromatic N) is 2. The molecule has 0 aromatic carbocycles. The molecule has 2 heterocycles. The van der Waals surface area contributed by atoms with Crippen LogP contribution in [0, 0.1) is 0 Å². The minimum Gasteiger partial charge on any atom is -0.457 e. The maximum Gasteiger partial charge on any atom is 0.261 e. The molecule has 6 nitrogen and oxygen atoms in total. The molecule has 0 spiro atoms. The highest BCUT2D eigenvalue weighted by Gasteiger charge is 2.51. The molecule has 8 heteroatoms. The molecule has 0 aliphatic heterocycles. The standard InChI is InChI=1S/C11H11BrN2O4S/c1-19(15,16)11(3-2-4-11)10-13-9(18-14-10)7-5-8(12)17-6-7/h5-6H,2-4H2,1H3. The van der Waals surface area contributed by atoms with Gasteiger partial charge in [0.2, 0.25) is 0 Å². The normalized spacial score (nSPS) is 18.2. The molecule has 0 unspecified atom stereocenters. The van der Waals surface area contributed by atoms with Gasteiger partial charge in [0.1, 0.15) is 11.0 Å². The van der Waals surface area contributed by atoms with Gasteiger partial charge in [0.15, 0.2) is 20.3 Å². The molecule has 19 heavy (non-hydrogen) atoms. The van der Waals surface area contributed by atoms with E-state index in [1.54, 1.807) is 6.07 Å². The molecule has 0 atom stereocenters. The summed E-state index contributed by atoms with van der Waals surface area (Å²) in [6, 6.07) is 1.69. The Kier molecular flexibility index (Phi) is 2.82. The zero-order chi connectivity index (χ0) is 13.7. The fourth-order valence-electron chi connectivity index (χ4n) is 2.21. The van der Waals surface area contributed by atoms with Gasteiger partial charge in [0.25, 0.3) is 5.89 Å². The van der Waals surface area contributed by atoms with Crippen molar-refractivity contribution in [2.75, 3.05) is 6.26 Å². The Labute approximate surface area is 118 Å². The van der Waals surface area contributed by atoms with Gasteiger partial charge in [-0.05, 0) is 35.2 Å². The smallest absolute Gasteiger partial charge is 0.261 e. The van der Waals surface area contributed by atoms with Crippen molar-refractivity contribution in [2.45, 2.75) is 24.0 Å². The van der Waals surface area contributed by atoms with Crippen LogP contribution in [0.3, 0.4) is 0 Å². The molecule has 2 aromatic heterocycles. The third-order valence-corrected chi connectivity index (χ3v) is 5.95. The van der Waals surface area contributed by atoms with Gasteiger partial charge in [-0.1, -0.05) is 5.16 Å². The van der Waals surface area contributed by atoms with Crippen molar-refractivity contribution in [1.29, 1.82) is 0 Å². The summed E-state index contributed by atoms with van der Waals surface area (Å²) in [6.45, 7) is 0. The van der Waals surface area contributed by atoms with Gasteiger partial charge in [0.05, 0.1) is 5.56 Å². The van der Waals surface area contributed by atoms with Crippen LogP contribution in [0.25, 0.3) is 11.5 Å². The molecule has 0 bridgehead atoms. The Balaban J connectivity index is 2.02. The number of aromatic nitrogens is 2. The highest BCUT2D eigenvalue weighted by atomic mass is 79.9. The number of rotatable bonds is 3. The fourth-order valence-corrected chi connectivity index (χ4v) is 3.99. The van der Waals surface area contributed by atoms with E-state index in [0.717, 1.165) is 6.42 Å². The summed E-state index contributed by atoms with van der Waals surface area (Å²) in [7, 11) is -3.26. The highest BCUT2D eigenvalue weighted by Crippen LogP contribution is 2.46. The monoisotopic (exact) mass is 346 g/mol. The van der Waals surface area contributed by atoms with Gasteiger partial charge < -0.3 is 8.94 Å². The Hall–Kier alpha value is -1.15. The van der Waals surface area contributed by atoms with Crippen LogP contribution >= 0.6 is 15.9 Å². The molecule has 0 radical (unpaired) electrons. The van der Waals surface area contributed by atoms with Gasteiger partial charge in [-0.15, -0.1) is 0 Å². The molecule has 2 aromatic rings. The first-order chi connectivity index (χ1) is 8.92. The second-order valence-corrected chi connectivity index (χ2v) is 7.79. The lowest BCUT2D eigenvalue weighted by Gasteiger charge is -2.36. The summed E-state index contributed by atoms with van der Waals surface area (Å²) in [5.74, 6) is 0.507. The van der Waals surface area contributed by atoms with E-state index in [4.69, 9.17) is 8.94 Å². The summed E-state index contributed by atoms with van der Waals surface area (Å²) >= 11 is 3.18. The summed E-state index contributed by atoms with van der Waals surface area (Å²) < 4.78 is 33.7. The van der Waals surface area contributed by atoms with Crippen molar-refractivity contribution in [1.82, 2.24) is 10.1 Å². The van der Waals surface area contributed by atoms with Crippen LogP contribution in [0.5, 0.6) is 0 Å². The van der Waals surface area contributed by atoms with Crippen LogP contribution in [-0.4, -0.2) is 24.8 Å². The number of hydrogen-bond donors (Lipinski definition) is 0. The average Bonchev–Trinajstić information content (AvgIpc) is 2.82. The van der Waals surface area contributed by atoms with Crippen molar-refractivity contribution in [3.8, 4) is 11.5 Å². The molecule has 1 fully saturated rings. The number of halogens is 1. The quantitative estimate of drug-likeness (QED) is 0.848. The van der Waals surface area contributed by atoms with Crippen LogP contribution in [0.1, 0.15) is 25.1 Å². The van der Waals surface area contributed by atoms with Crippen LogP contribution in [0.2, 0.25) is 0 Å². The van der Waals surface area contributed by atoms with E-state index >= 15 is 0 Å². The molecule has 0 N–H and O–H groups in total. The summed E-state index contributed by atoms with van der Waals surface area (Å²) in [5.41, 5.74) is 0.619.